The molecule has 4 heteroatoms. The maximum Gasteiger partial charge on any atom is 0.189 e. The third-order valence-electron chi connectivity index (χ3n) is 8.42. The molecule has 0 heterocycles. The van der Waals surface area contributed by atoms with E-state index in [1.807, 2.05) is 6.08 Å². The van der Waals surface area contributed by atoms with Gasteiger partial charge in [0.25, 0.3) is 0 Å². The zero-order chi connectivity index (χ0) is 19.0. The van der Waals surface area contributed by atoms with E-state index in [4.69, 9.17) is 0 Å². The highest BCUT2D eigenvalue weighted by Crippen LogP contribution is 2.67. The maximum atomic E-state index is 12.3. The van der Waals surface area contributed by atoms with Crippen molar-refractivity contribution >= 4 is 23.5 Å². The van der Waals surface area contributed by atoms with Crippen LogP contribution in [0.25, 0.3) is 0 Å². The number of hydrogen-bond acceptors (Lipinski definition) is 3. The second kappa shape index (κ2) is 5.81. The highest BCUT2D eigenvalue weighted by atomic mass is 32.1. The lowest BCUT2D eigenvalue weighted by atomic mass is 9.45. The summed E-state index contributed by atoms with van der Waals surface area (Å²) in [6, 6.07) is 0. The molecule has 4 aliphatic carbocycles. The second-order valence-corrected chi connectivity index (χ2v) is 10.3. The van der Waals surface area contributed by atoms with Gasteiger partial charge < -0.3 is 5.11 Å². The first-order valence-corrected chi connectivity index (χ1v) is 10.4. The summed E-state index contributed by atoms with van der Waals surface area (Å²) < 4.78 is 0. The third kappa shape index (κ3) is 2.30. The Hall–Kier alpha value is -0.870. The first-order valence-electron chi connectivity index (χ1n) is 9.95. The molecule has 3 saturated carbocycles. The van der Waals surface area contributed by atoms with Gasteiger partial charge in [-0.2, -0.15) is 0 Å². The monoisotopic (exact) mass is 374 g/mol. The Morgan fingerprint density at radius 3 is 2.62 bits per heavy atom. The van der Waals surface area contributed by atoms with E-state index in [1.165, 1.54) is 5.57 Å². The van der Waals surface area contributed by atoms with E-state index in [0.29, 0.717) is 30.1 Å². The second-order valence-electron chi connectivity index (χ2n) is 9.86. The van der Waals surface area contributed by atoms with Gasteiger partial charge in [-0.1, -0.05) is 39.3 Å². The lowest BCUT2D eigenvalue weighted by molar-refractivity contribution is -0.135. The molecule has 0 radical (unpaired) electrons. The SMILES string of the molecule is C[C@@H]1CC2C3C[C@H](C)C4=CC(=O)C=C[C@]4(C)C3[C@@H](O)C[C@]2(C)[C@H]1C(=O)S. The predicted molar refractivity (Wildman–Crippen MR) is 105 cm³/mol. The number of fused-ring (bicyclic) bond motifs is 5. The molecule has 0 saturated heterocycles. The van der Waals surface area contributed by atoms with Gasteiger partial charge in [0.05, 0.1) is 6.10 Å². The van der Waals surface area contributed by atoms with Gasteiger partial charge in [0, 0.05) is 17.3 Å². The molecule has 0 bridgehead atoms. The minimum Gasteiger partial charge on any atom is -0.393 e. The average molecular weight is 375 g/mol. The molecule has 0 spiro atoms. The average Bonchev–Trinajstić information content (AvgIpc) is 2.79. The smallest absolute Gasteiger partial charge is 0.189 e. The molecule has 9 atom stereocenters. The van der Waals surface area contributed by atoms with E-state index in [9.17, 15) is 14.7 Å². The standard InChI is InChI=1S/C22H30O3S/c1-11-7-14-16-8-12(2)18(20(25)26)22(16,4)10-17(24)19(14)21(3)6-5-13(23)9-15(11)21/h5-6,9,11-12,14,16-19,24H,7-8,10H2,1-4H3,(H,25,26)/t11-,12+,14?,16?,17-,18+,19?,21-,22-/m0/s1. The summed E-state index contributed by atoms with van der Waals surface area (Å²) in [6.45, 7) is 8.78. The fourth-order valence-electron chi connectivity index (χ4n) is 7.64. The molecule has 1 N–H and O–H groups in total. The molecule has 0 aromatic rings. The number of rotatable bonds is 1. The van der Waals surface area contributed by atoms with Crippen LogP contribution in [0.2, 0.25) is 0 Å². The van der Waals surface area contributed by atoms with Crippen molar-refractivity contribution in [3.63, 3.8) is 0 Å². The Labute approximate surface area is 161 Å². The van der Waals surface area contributed by atoms with Crippen molar-refractivity contribution in [3.05, 3.63) is 23.8 Å². The van der Waals surface area contributed by atoms with Gasteiger partial charge in [-0.05, 0) is 60.5 Å². The summed E-state index contributed by atoms with van der Waals surface area (Å²) in [5, 5.41) is 11.3. The Bertz CT molecular complexity index is 725. The van der Waals surface area contributed by atoms with Crippen molar-refractivity contribution < 1.29 is 14.7 Å². The summed E-state index contributed by atoms with van der Waals surface area (Å²) in [7, 11) is 0. The largest absolute Gasteiger partial charge is 0.393 e. The Morgan fingerprint density at radius 1 is 1.27 bits per heavy atom. The minimum atomic E-state index is -0.458. The quantitative estimate of drug-likeness (QED) is 0.686. The fourth-order valence-corrected chi connectivity index (χ4v) is 8.19. The fraction of sp³-hybridized carbons (Fsp3) is 0.727. The van der Waals surface area contributed by atoms with Crippen molar-refractivity contribution in [1.29, 1.82) is 0 Å². The van der Waals surface area contributed by atoms with Gasteiger partial charge in [-0.15, -0.1) is 12.6 Å². The number of aliphatic hydroxyl groups excluding tert-OH is 1. The summed E-state index contributed by atoms with van der Waals surface area (Å²) in [4.78, 5) is 24.3. The van der Waals surface area contributed by atoms with Crippen molar-refractivity contribution in [2.75, 3.05) is 0 Å². The molecule has 0 amide bonds. The van der Waals surface area contributed by atoms with Crippen molar-refractivity contribution in [2.45, 2.75) is 53.1 Å². The predicted octanol–water partition coefficient (Wildman–Crippen LogP) is 3.83. The molecule has 142 valence electrons. The van der Waals surface area contributed by atoms with Crippen LogP contribution in [-0.2, 0) is 9.59 Å². The molecule has 3 fully saturated rings. The maximum absolute atomic E-state index is 12.3. The number of ketones is 1. The lowest BCUT2D eigenvalue weighted by Gasteiger charge is -2.60. The van der Waals surface area contributed by atoms with Crippen LogP contribution in [-0.4, -0.2) is 22.1 Å². The van der Waals surface area contributed by atoms with E-state index in [-0.39, 0.29) is 33.6 Å². The first kappa shape index (κ1) is 18.5. The number of carbonyl (C=O) groups excluding carboxylic acids is 2. The molecular formula is C22H30O3S. The molecular weight excluding hydrogens is 344 g/mol. The Morgan fingerprint density at radius 2 is 1.96 bits per heavy atom. The van der Waals surface area contributed by atoms with Crippen LogP contribution in [0.1, 0.15) is 47.0 Å². The molecule has 0 aliphatic heterocycles. The van der Waals surface area contributed by atoms with Crippen LogP contribution in [0.4, 0.5) is 0 Å². The summed E-state index contributed by atoms with van der Waals surface area (Å²) >= 11 is 4.21. The summed E-state index contributed by atoms with van der Waals surface area (Å²) in [5.74, 6) is 1.55. The highest BCUT2D eigenvalue weighted by molar-refractivity contribution is 7.96. The molecule has 4 aliphatic rings. The van der Waals surface area contributed by atoms with Crippen LogP contribution in [0.3, 0.4) is 0 Å². The number of carbonyl (C=O) groups is 2. The molecule has 0 aromatic carbocycles. The lowest BCUT2D eigenvalue weighted by Crippen LogP contribution is -2.57. The molecule has 0 aromatic heterocycles. The van der Waals surface area contributed by atoms with E-state index < -0.39 is 6.10 Å². The van der Waals surface area contributed by atoms with E-state index in [0.717, 1.165) is 12.8 Å². The molecule has 4 rings (SSSR count). The highest BCUT2D eigenvalue weighted by Gasteiger charge is 2.64. The summed E-state index contributed by atoms with van der Waals surface area (Å²) in [5.41, 5.74) is 0.745. The number of allylic oxidation sites excluding steroid dienone is 4. The van der Waals surface area contributed by atoms with Crippen LogP contribution in [0, 0.1) is 46.3 Å². The topological polar surface area (TPSA) is 54.4 Å². The van der Waals surface area contributed by atoms with E-state index >= 15 is 0 Å². The van der Waals surface area contributed by atoms with E-state index in [1.54, 1.807) is 12.2 Å². The normalized spacial score (nSPS) is 52.8. The van der Waals surface area contributed by atoms with Gasteiger partial charge in [0.1, 0.15) is 0 Å². The Kier molecular flexibility index (Phi) is 4.13. The van der Waals surface area contributed by atoms with Crippen molar-refractivity contribution in [3.8, 4) is 0 Å². The van der Waals surface area contributed by atoms with Gasteiger partial charge in [-0.25, -0.2) is 0 Å². The van der Waals surface area contributed by atoms with Crippen LogP contribution in [0.5, 0.6) is 0 Å². The molecule has 3 unspecified atom stereocenters. The summed E-state index contributed by atoms with van der Waals surface area (Å²) in [6.07, 6.45) is 7.74. The third-order valence-corrected chi connectivity index (χ3v) is 8.70. The zero-order valence-corrected chi connectivity index (χ0v) is 17.0. The molecule has 26 heavy (non-hydrogen) atoms. The van der Waals surface area contributed by atoms with Gasteiger partial charge in [-0.3, -0.25) is 9.59 Å². The number of aliphatic hydroxyl groups is 1. The first-order chi connectivity index (χ1) is 12.1. The van der Waals surface area contributed by atoms with E-state index in [2.05, 4.69) is 40.3 Å². The Balaban J connectivity index is 1.79. The van der Waals surface area contributed by atoms with Crippen LogP contribution in [0.15, 0.2) is 23.8 Å². The molecule has 3 nitrogen and oxygen atoms in total. The van der Waals surface area contributed by atoms with Gasteiger partial charge >= 0.3 is 0 Å². The zero-order valence-electron chi connectivity index (χ0n) is 16.1. The minimum absolute atomic E-state index is 0.0213. The van der Waals surface area contributed by atoms with Crippen molar-refractivity contribution in [2.24, 2.45) is 46.3 Å². The van der Waals surface area contributed by atoms with Gasteiger partial charge in [0.2, 0.25) is 0 Å². The van der Waals surface area contributed by atoms with Gasteiger partial charge in [0.15, 0.2) is 10.9 Å². The number of thiol groups is 1. The van der Waals surface area contributed by atoms with Crippen molar-refractivity contribution in [1.82, 2.24) is 0 Å². The number of hydrogen-bond donors (Lipinski definition) is 2. The van der Waals surface area contributed by atoms with Crippen LogP contribution < -0.4 is 0 Å². The van der Waals surface area contributed by atoms with Crippen LogP contribution >= 0.6 is 12.6 Å².